The SMILES string of the molecule is CN=C(NCc1cccnc1N(C)C)NCC(C)c1cccs1. The minimum Gasteiger partial charge on any atom is -0.362 e. The van der Waals surface area contributed by atoms with Gasteiger partial charge in [0.2, 0.25) is 0 Å². The molecule has 0 fully saturated rings. The number of aromatic nitrogens is 1. The number of thiophene rings is 1. The first-order chi connectivity index (χ1) is 11.1. The van der Waals surface area contributed by atoms with Gasteiger partial charge >= 0.3 is 0 Å². The minimum atomic E-state index is 0.462. The van der Waals surface area contributed by atoms with Crippen molar-refractivity contribution < 1.29 is 0 Å². The van der Waals surface area contributed by atoms with Gasteiger partial charge < -0.3 is 15.5 Å². The van der Waals surface area contributed by atoms with Crippen LogP contribution in [0.5, 0.6) is 0 Å². The minimum absolute atomic E-state index is 0.462. The van der Waals surface area contributed by atoms with Gasteiger partial charge in [-0.15, -0.1) is 11.3 Å². The maximum atomic E-state index is 4.42. The lowest BCUT2D eigenvalue weighted by atomic mass is 10.1. The Hall–Kier alpha value is -2.08. The van der Waals surface area contributed by atoms with Crippen LogP contribution in [0.3, 0.4) is 0 Å². The molecule has 23 heavy (non-hydrogen) atoms. The molecule has 0 aliphatic rings. The molecule has 0 aromatic carbocycles. The van der Waals surface area contributed by atoms with Crippen molar-refractivity contribution in [3.63, 3.8) is 0 Å². The second-order valence-corrected chi connectivity index (χ2v) is 6.58. The average molecular weight is 331 g/mol. The van der Waals surface area contributed by atoms with Crippen molar-refractivity contribution in [3.05, 3.63) is 46.3 Å². The van der Waals surface area contributed by atoms with Gasteiger partial charge in [-0.3, -0.25) is 4.99 Å². The van der Waals surface area contributed by atoms with E-state index in [2.05, 4.69) is 51.1 Å². The molecular weight excluding hydrogens is 306 g/mol. The zero-order valence-corrected chi connectivity index (χ0v) is 15.0. The molecule has 5 nitrogen and oxygen atoms in total. The maximum Gasteiger partial charge on any atom is 0.191 e. The van der Waals surface area contributed by atoms with Crippen LogP contribution in [-0.2, 0) is 6.54 Å². The van der Waals surface area contributed by atoms with Crippen molar-refractivity contribution in [1.29, 1.82) is 0 Å². The molecular formula is C17H25N5S. The molecule has 0 amide bonds. The highest BCUT2D eigenvalue weighted by atomic mass is 32.1. The molecule has 0 saturated carbocycles. The summed E-state index contributed by atoms with van der Waals surface area (Å²) in [6.45, 7) is 3.76. The van der Waals surface area contributed by atoms with E-state index in [1.54, 1.807) is 18.4 Å². The summed E-state index contributed by atoms with van der Waals surface area (Å²) >= 11 is 1.79. The van der Waals surface area contributed by atoms with Crippen molar-refractivity contribution in [1.82, 2.24) is 15.6 Å². The summed E-state index contributed by atoms with van der Waals surface area (Å²) in [6, 6.07) is 8.30. The lowest BCUT2D eigenvalue weighted by Crippen LogP contribution is -2.38. The molecule has 0 spiro atoms. The second-order valence-electron chi connectivity index (χ2n) is 5.60. The Kier molecular flexibility index (Phi) is 6.40. The predicted octanol–water partition coefficient (Wildman–Crippen LogP) is 2.68. The Morgan fingerprint density at radius 2 is 2.13 bits per heavy atom. The predicted molar refractivity (Wildman–Crippen MR) is 99.5 cm³/mol. The van der Waals surface area contributed by atoms with Crippen molar-refractivity contribution in [2.24, 2.45) is 4.99 Å². The van der Waals surface area contributed by atoms with Crippen LogP contribution < -0.4 is 15.5 Å². The normalized spacial score (nSPS) is 12.8. The Morgan fingerprint density at radius 1 is 1.30 bits per heavy atom. The number of anilines is 1. The zero-order chi connectivity index (χ0) is 16.7. The fraction of sp³-hybridized carbons (Fsp3) is 0.412. The third kappa shape index (κ3) is 4.96. The number of guanidine groups is 1. The van der Waals surface area contributed by atoms with Crippen LogP contribution in [0.15, 0.2) is 40.8 Å². The first-order valence-corrected chi connectivity index (χ1v) is 8.59. The van der Waals surface area contributed by atoms with Gasteiger partial charge in [0.1, 0.15) is 5.82 Å². The van der Waals surface area contributed by atoms with E-state index in [1.165, 1.54) is 4.88 Å². The number of aliphatic imine (C=N–C) groups is 1. The lowest BCUT2D eigenvalue weighted by Gasteiger charge is -2.18. The van der Waals surface area contributed by atoms with Crippen LogP contribution in [0.4, 0.5) is 5.82 Å². The van der Waals surface area contributed by atoms with Crippen LogP contribution in [0, 0.1) is 0 Å². The molecule has 2 N–H and O–H groups in total. The molecule has 0 radical (unpaired) electrons. The molecule has 124 valence electrons. The van der Waals surface area contributed by atoms with Crippen molar-refractivity contribution in [3.8, 4) is 0 Å². The molecule has 2 heterocycles. The third-order valence-corrected chi connectivity index (χ3v) is 4.67. The van der Waals surface area contributed by atoms with Gasteiger partial charge in [-0.25, -0.2) is 4.98 Å². The Labute approximate surface area is 142 Å². The lowest BCUT2D eigenvalue weighted by molar-refractivity contribution is 0.708. The highest BCUT2D eigenvalue weighted by Gasteiger charge is 2.09. The third-order valence-electron chi connectivity index (χ3n) is 3.57. The van der Waals surface area contributed by atoms with Gasteiger partial charge in [-0.1, -0.05) is 19.1 Å². The van der Waals surface area contributed by atoms with Crippen LogP contribution >= 0.6 is 11.3 Å². The summed E-state index contributed by atoms with van der Waals surface area (Å²) < 4.78 is 0. The summed E-state index contributed by atoms with van der Waals surface area (Å²) in [6.07, 6.45) is 1.81. The fourth-order valence-electron chi connectivity index (χ4n) is 2.29. The largest absolute Gasteiger partial charge is 0.362 e. The molecule has 2 rings (SSSR count). The van der Waals surface area contributed by atoms with Gasteiger partial charge in [-0.2, -0.15) is 0 Å². The van der Waals surface area contributed by atoms with Crippen LogP contribution in [-0.4, -0.2) is 38.6 Å². The monoisotopic (exact) mass is 331 g/mol. The average Bonchev–Trinajstić information content (AvgIpc) is 3.09. The molecule has 0 aliphatic carbocycles. The summed E-state index contributed by atoms with van der Waals surface area (Å²) in [7, 11) is 5.80. The molecule has 1 unspecified atom stereocenters. The molecule has 0 bridgehead atoms. The molecule has 1 atom stereocenters. The van der Waals surface area contributed by atoms with Crippen LogP contribution in [0.1, 0.15) is 23.3 Å². The smallest absolute Gasteiger partial charge is 0.191 e. The summed E-state index contributed by atoms with van der Waals surface area (Å²) in [5.41, 5.74) is 1.15. The Balaban J connectivity index is 1.88. The van der Waals surface area contributed by atoms with E-state index in [0.29, 0.717) is 12.5 Å². The number of nitrogens with one attached hydrogen (secondary N) is 2. The highest BCUT2D eigenvalue weighted by Crippen LogP contribution is 2.19. The van der Waals surface area contributed by atoms with Gasteiger partial charge in [0.15, 0.2) is 5.96 Å². The summed E-state index contributed by atoms with van der Waals surface area (Å²) in [5.74, 6) is 2.24. The molecule has 6 heteroatoms. The van der Waals surface area contributed by atoms with Crippen molar-refractivity contribution in [2.45, 2.75) is 19.4 Å². The number of rotatable bonds is 6. The fourth-order valence-corrected chi connectivity index (χ4v) is 3.08. The van der Waals surface area contributed by atoms with Crippen LogP contribution in [0.2, 0.25) is 0 Å². The van der Waals surface area contributed by atoms with Gasteiger partial charge in [0.25, 0.3) is 0 Å². The zero-order valence-electron chi connectivity index (χ0n) is 14.2. The Bertz CT molecular complexity index is 622. The van der Waals surface area contributed by atoms with Gasteiger partial charge in [0, 0.05) is 56.8 Å². The molecule has 0 saturated heterocycles. The second kappa shape index (κ2) is 8.53. The van der Waals surface area contributed by atoms with Crippen LogP contribution in [0.25, 0.3) is 0 Å². The molecule has 0 aliphatic heterocycles. The van der Waals surface area contributed by atoms with E-state index < -0.39 is 0 Å². The quantitative estimate of drug-likeness (QED) is 0.631. The number of nitrogens with zero attached hydrogens (tertiary/aromatic N) is 3. The number of hydrogen-bond acceptors (Lipinski definition) is 4. The topological polar surface area (TPSA) is 52.6 Å². The van der Waals surface area contributed by atoms with Crippen molar-refractivity contribution in [2.75, 3.05) is 32.6 Å². The van der Waals surface area contributed by atoms with Gasteiger partial charge in [-0.05, 0) is 17.5 Å². The van der Waals surface area contributed by atoms with E-state index in [4.69, 9.17) is 0 Å². The molecule has 2 aromatic heterocycles. The summed E-state index contributed by atoms with van der Waals surface area (Å²) in [4.78, 5) is 12.1. The van der Waals surface area contributed by atoms with Gasteiger partial charge in [0.05, 0.1) is 0 Å². The maximum absolute atomic E-state index is 4.42. The van der Waals surface area contributed by atoms with E-state index in [-0.39, 0.29) is 0 Å². The molecule has 2 aromatic rings. The number of hydrogen-bond donors (Lipinski definition) is 2. The van der Waals surface area contributed by atoms with Crippen molar-refractivity contribution >= 4 is 23.1 Å². The number of pyridine rings is 1. The standard InChI is InChI=1S/C17H25N5S/c1-13(15-8-6-10-23-15)11-20-17(18-2)21-12-14-7-5-9-19-16(14)22(3)4/h5-10,13H,11-12H2,1-4H3,(H2,18,20,21). The van der Waals surface area contributed by atoms with E-state index >= 15 is 0 Å². The van der Waals surface area contributed by atoms with E-state index in [9.17, 15) is 0 Å². The summed E-state index contributed by atoms with van der Waals surface area (Å²) in [5, 5.41) is 8.86. The first kappa shape index (κ1) is 17.3. The van der Waals surface area contributed by atoms with E-state index in [1.807, 2.05) is 31.3 Å². The highest BCUT2D eigenvalue weighted by molar-refractivity contribution is 7.10. The Morgan fingerprint density at radius 3 is 2.78 bits per heavy atom. The van der Waals surface area contributed by atoms with E-state index in [0.717, 1.165) is 23.9 Å². The first-order valence-electron chi connectivity index (χ1n) is 7.71.